The summed E-state index contributed by atoms with van der Waals surface area (Å²) in [6.45, 7) is 2.07. The van der Waals surface area contributed by atoms with Gasteiger partial charge in [-0.15, -0.1) is 0 Å². The minimum absolute atomic E-state index is 0.0848. The van der Waals surface area contributed by atoms with Gasteiger partial charge in [-0.3, -0.25) is 4.21 Å². The number of nitrogens with two attached hydrogens (primary N) is 1. The van der Waals surface area contributed by atoms with Crippen LogP contribution in [-0.4, -0.2) is 77.1 Å². The van der Waals surface area contributed by atoms with Gasteiger partial charge in [0.15, 0.2) is 6.10 Å². The molecule has 6 rings (SSSR count). The third kappa shape index (κ3) is 10.8. The number of morpholine rings is 1. The Morgan fingerprint density at radius 3 is 2.33 bits per heavy atom. The van der Waals surface area contributed by atoms with Crippen LogP contribution in [0.15, 0.2) is 36.4 Å². The molecule has 1 aliphatic heterocycles. The maximum absolute atomic E-state index is 13.6. The standard InChI is InChI=1S/C44H58F8N2O5S/c1-41-19-17-33-32-13-11-28(34-26-31(12-15-36(34)59-40(53)56)54-20-21-58-38(27-54)43(47,48)49)24-30(32)25-29(39(33)35(41)14-16-37(41)55)10-7-5-3-2-4-6-8-22-60(57)23-9-18-42(45,46)44(50,51)52/h11-13,15,24,26,29,33,35,37-39,55H,2-10,14,16-23,25,27H2,1H3,(H2,53,56)/t29-,33-,35+,37+,38?,39-,41+,60?/m1/s1. The summed E-state index contributed by atoms with van der Waals surface area (Å²) in [5.41, 5.74) is 9.67. The topological polar surface area (TPSA) is 102 Å². The van der Waals surface area contributed by atoms with Gasteiger partial charge in [0.1, 0.15) is 5.75 Å². The number of carbonyl (C=O) groups is 1. The van der Waals surface area contributed by atoms with E-state index in [0.29, 0.717) is 47.1 Å². The molecular weight excluding hydrogens is 821 g/mol. The average molecular weight is 879 g/mol. The van der Waals surface area contributed by atoms with E-state index < -0.39 is 54.1 Å². The molecule has 1 amide bonds. The largest absolute Gasteiger partial charge is 0.453 e. The number of aliphatic hydroxyl groups is 1. The Morgan fingerprint density at radius 2 is 1.63 bits per heavy atom. The minimum atomic E-state index is -5.59. The maximum atomic E-state index is 13.6. The van der Waals surface area contributed by atoms with Crippen LogP contribution >= 0.6 is 0 Å². The Labute approximate surface area is 349 Å². The third-order valence-corrected chi connectivity index (χ3v) is 15.3. The predicted molar refractivity (Wildman–Crippen MR) is 215 cm³/mol. The lowest BCUT2D eigenvalue weighted by Gasteiger charge is -2.53. The molecule has 0 radical (unpaired) electrons. The molecule has 7 nitrogen and oxygen atoms in total. The zero-order chi connectivity index (χ0) is 43.5. The number of unbranched alkanes of at least 4 members (excludes halogenated alkanes) is 6. The number of nitrogens with zero attached hydrogens (tertiary/aromatic N) is 1. The molecule has 1 saturated heterocycles. The van der Waals surface area contributed by atoms with Crippen LogP contribution in [0.25, 0.3) is 11.1 Å². The number of rotatable bonds is 17. The summed E-state index contributed by atoms with van der Waals surface area (Å²) >= 11 is 0. The molecule has 16 heteroatoms. The van der Waals surface area contributed by atoms with Crippen LogP contribution in [0.3, 0.4) is 0 Å². The van der Waals surface area contributed by atoms with E-state index in [-0.39, 0.29) is 42.7 Å². The fourth-order valence-electron chi connectivity index (χ4n) is 10.7. The summed E-state index contributed by atoms with van der Waals surface area (Å²) in [5.74, 6) is -2.90. The average Bonchev–Trinajstić information content (AvgIpc) is 3.49. The van der Waals surface area contributed by atoms with Gasteiger partial charge in [-0.2, -0.15) is 35.1 Å². The summed E-state index contributed by atoms with van der Waals surface area (Å²) in [6, 6.07) is 11.2. The number of ether oxygens (including phenoxy) is 2. The number of benzene rings is 2. The number of anilines is 1. The second-order valence-corrected chi connectivity index (χ2v) is 19.4. The van der Waals surface area contributed by atoms with Gasteiger partial charge in [0.05, 0.1) is 19.3 Å². The monoisotopic (exact) mass is 878 g/mol. The second-order valence-electron chi connectivity index (χ2n) is 17.7. The van der Waals surface area contributed by atoms with E-state index in [2.05, 4.69) is 19.1 Å². The quantitative estimate of drug-likeness (QED) is 0.121. The zero-order valence-electron chi connectivity index (χ0n) is 34.1. The summed E-state index contributed by atoms with van der Waals surface area (Å²) in [5, 5.41) is 11.1. The first kappa shape index (κ1) is 46.5. The van der Waals surface area contributed by atoms with E-state index in [9.17, 15) is 49.2 Å². The van der Waals surface area contributed by atoms with Crippen molar-refractivity contribution in [3.05, 3.63) is 47.5 Å². The Bertz CT molecular complexity index is 1810. The number of aliphatic hydroxyl groups excluding tert-OH is 1. The van der Waals surface area contributed by atoms with Crippen molar-refractivity contribution in [2.75, 3.05) is 36.1 Å². The van der Waals surface area contributed by atoms with E-state index in [4.69, 9.17) is 15.2 Å². The molecule has 336 valence electrons. The first-order chi connectivity index (χ1) is 28.3. The summed E-state index contributed by atoms with van der Waals surface area (Å²) in [4.78, 5) is 13.6. The molecule has 3 N–H and O–H groups in total. The van der Waals surface area contributed by atoms with Gasteiger partial charge in [-0.1, -0.05) is 63.6 Å². The fraction of sp³-hybridized carbons (Fsp3) is 0.705. The molecule has 60 heavy (non-hydrogen) atoms. The molecule has 0 aromatic heterocycles. The molecule has 0 spiro atoms. The molecule has 2 aromatic rings. The first-order valence-corrected chi connectivity index (χ1v) is 22.9. The van der Waals surface area contributed by atoms with Gasteiger partial charge in [-0.05, 0) is 115 Å². The lowest BCUT2D eigenvalue weighted by atomic mass is 9.52. The molecule has 4 aliphatic rings. The number of carbonyl (C=O) groups excluding carboxylic acids is 1. The Kier molecular flexibility index (Phi) is 14.9. The van der Waals surface area contributed by atoms with Crippen LogP contribution in [0.5, 0.6) is 5.75 Å². The maximum Gasteiger partial charge on any atom is 0.453 e. The van der Waals surface area contributed by atoms with Crippen LogP contribution in [0.2, 0.25) is 0 Å². The van der Waals surface area contributed by atoms with Crippen molar-refractivity contribution in [3.63, 3.8) is 0 Å². The van der Waals surface area contributed by atoms with Crippen molar-refractivity contribution in [2.45, 2.75) is 140 Å². The normalized spacial score (nSPS) is 27.5. The highest BCUT2D eigenvalue weighted by Gasteiger charge is 2.57. The first-order valence-electron chi connectivity index (χ1n) is 21.4. The molecule has 0 bridgehead atoms. The highest BCUT2D eigenvalue weighted by molar-refractivity contribution is 7.84. The Hall–Kier alpha value is -2.98. The Balaban J connectivity index is 1.09. The van der Waals surface area contributed by atoms with Crippen LogP contribution < -0.4 is 15.4 Å². The molecule has 2 aromatic carbocycles. The van der Waals surface area contributed by atoms with Crippen LogP contribution in [0, 0.1) is 23.2 Å². The lowest BCUT2D eigenvalue weighted by Crippen LogP contribution is -2.49. The van der Waals surface area contributed by atoms with E-state index >= 15 is 0 Å². The van der Waals surface area contributed by atoms with Gasteiger partial charge < -0.3 is 25.2 Å². The number of fused-ring (bicyclic) bond motifs is 5. The summed E-state index contributed by atoms with van der Waals surface area (Å²) in [7, 11) is -1.43. The number of hydrogen-bond donors (Lipinski definition) is 2. The van der Waals surface area contributed by atoms with Crippen LogP contribution in [0.1, 0.15) is 114 Å². The molecule has 2 unspecified atom stereocenters. The third-order valence-electron chi connectivity index (χ3n) is 13.9. The van der Waals surface area contributed by atoms with Crippen molar-refractivity contribution in [2.24, 2.45) is 28.9 Å². The van der Waals surface area contributed by atoms with Crippen molar-refractivity contribution in [3.8, 4) is 16.9 Å². The number of hydrogen-bond acceptors (Lipinski definition) is 6. The number of alkyl halides is 8. The second kappa shape index (κ2) is 19.2. The fourth-order valence-corrected chi connectivity index (χ4v) is 11.9. The van der Waals surface area contributed by atoms with E-state index in [1.54, 1.807) is 23.1 Å². The molecule has 8 atom stereocenters. The van der Waals surface area contributed by atoms with Crippen molar-refractivity contribution in [1.82, 2.24) is 0 Å². The van der Waals surface area contributed by atoms with Crippen molar-refractivity contribution >= 4 is 22.6 Å². The highest BCUT2D eigenvalue weighted by Crippen LogP contribution is 2.63. The molecule has 3 aliphatic carbocycles. The summed E-state index contributed by atoms with van der Waals surface area (Å²) < 4.78 is 127. The molecule has 2 saturated carbocycles. The minimum Gasteiger partial charge on any atom is -0.410 e. The van der Waals surface area contributed by atoms with Crippen LogP contribution in [0.4, 0.5) is 45.6 Å². The van der Waals surface area contributed by atoms with Gasteiger partial charge in [-0.25, -0.2) is 4.79 Å². The smallest absolute Gasteiger partial charge is 0.410 e. The number of amides is 1. The summed E-state index contributed by atoms with van der Waals surface area (Å²) in [6.07, 6.45) is -3.16. The van der Waals surface area contributed by atoms with Crippen molar-refractivity contribution < 1.29 is 58.7 Å². The van der Waals surface area contributed by atoms with Crippen LogP contribution in [-0.2, 0) is 22.0 Å². The van der Waals surface area contributed by atoms with Gasteiger partial charge in [0, 0.05) is 46.5 Å². The van der Waals surface area contributed by atoms with E-state index in [1.807, 2.05) is 6.07 Å². The Morgan fingerprint density at radius 1 is 0.933 bits per heavy atom. The lowest BCUT2D eigenvalue weighted by molar-refractivity contribution is -0.284. The molecule has 3 fully saturated rings. The van der Waals surface area contributed by atoms with Gasteiger partial charge in [0.25, 0.3) is 0 Å². The van der Waals surface area contributed by atoms with Gasteiger partial charge >= 0.3 is 24.4 Å². The molecule has 1 heterocycles. The number of primary amides is 1. The zero-order valence-corrected chi connectivity index (χ0v) is 34.9. The number of halogens is 8. The predicted octanol–water partition coefficient (Wildman–Crippen LogP) is 10.9. The molecular formula is C44H58F8N2O5S. The van der Waals surface area contributed by atoms with Gasteiger partial charge in [0.2, 0.25) is 0 Å². The van der Waals surface area contributed by atoms with E-state index in [1.165, 1.54) is 11.1 Å². The van der Waals surface area contributed by atoms with Crippen molar-refractivity contribution in [1.29, 1.82) is 0 Å². The SMILES string of the molecule is C[C@]12CC[C@@H]3c4ccc(-c5cc(N6CCOC(C(F)(F)F)C6)ccc5OC(N)=O)cc4C[C@@H](CCCCCCCCCS(=O)CCCC(F)(F)C(F)(F)F)[C@H]3[C@@H]1CC[C@@H]2O. The highest BCUT2D eigenvalue weighted by atomic mass is 32.2. The van der Waals surface area contributed by atoms with E-state index in [0.717, 1.165) is 82.6 Å².